The number of rotatable bonds is 8. The summed E-state index contributed by atoms with van der Waals surface area (Å²) in [5.74, 6) is 0.811. The second kappa shape index (κ2) is 11.0. The van der Waals surface area contributed by atoms with Crippen molar-refractivity contribution in [3.05, 3.63) is 76.7 Å². The van der Waals surface area contributed by atoms with Crippen LogP contribution in [0.5, 0.6) is 0 Å². The van der Waals surface area contributed by atoms with Gasteiger partial charge in [0, 0.05) is 56.4 Å². The number of amides is 1. The Morgan fingerprint density at radius 2 is 1.75 bits per heavy atom. The maximum absolute atomic E-state index is 12.6. The summed E-state index contributed by atoms with van der Waals surface area (Å²) >= 11 is 0. The highest BCUT2D eigenvalue weighted by Crippen LogP contribution is 2.23. The maximum Gasteiger partial charge on any atom is 0.252 e. The summed E-state index contributed by atoms with van der Waals surface area (Å²) in [4.78, 5) is 37.8. The highest BCUT2D eigenvalue weighted by Gasteiger charge is 2.20. The molecule has 1 saturated heterocycles. The molecule has 1 N–H and O–H groups in total. The fourth-order valence-corrected chi connectivity index (χ4v) is 4.50. The van der Waals surface area contributed by atoms with Crippen molar-refractivity contribution in [3.8, 4) is 0 Å². The van der Waals surface area contributed by atoms with E-state index in [9.17, 15) is 9.59 Å². The second-order valence-electron chi connectivity index (χ2n) is 9.91. The smallest absolute Gasteiger partial charge is 0.252 e. The van der Waals surface area contributed by atoms with Crippen LogP contribution in [0.1, 0.15) is 50.9 Å². The Balaban J connectivity index is 1.43. The number of carbonyl (C=O) groups excluding carboxylic acids is 1. The molecule has 4 rings (SSSR count). The fourth-order valence-electron chi connectivity index (χ4n) is 4.50. The summed E-state index contributed by atoms with van der Waals surface area (Å²) in [6, 6.07) is 11.9. The zero-order chi connectivity index (χ0) is 25.8. The monoisotopic (exact) mass is 488 g/mol. The van der Waals surface area contributed by atoms with Gasteiger partial charge < -0.3 is 10.2 Å². The predicted molar refractivity (Wildman–Crippen MR) is 144 cm³/mol. The van der Waals surface area contributed by atoms with Gasteiger partial charge in [0.25, 0.3) is 5.56 Å². The molecular weight excluding hydrogens is 452 g/mol. The van der Waals surface area contributed by atoms with Crippen molar-refractivity contribution in [2.24, 2.45) is 5.92 Å². The minimum Gasteiger partial charge on any atom is -0.348 e. The van der Waals surface area contributed by atoms with E-state index < -0.39 is 0 Å². The van der Waals surface area contributed by atoms with Gasteiger partial charge in [-0.15, -0.1) is 0 Å². The first-order valence-corrected chi connectivity index (χ1v) is 12.6. The SMILES string of the molecule is C=CC(=O)N1CCN(Cc2ccc([C@H](C)Nc3ncc4ccc(=O)n([C@@H](C)C(C)C)c4n3)cc2)CC1. The highest BCUT2D eigenvalue weighted by molar-refractivity contribution is 5.87. The van der Waals surface area contributed by atoms with Crippen molar-refractivity contribution >= 4 is 22.9 Å². The average Bonchev–Trinajstić information content (AvgIpc) is 2.88. The molecule has 1 aliphatic heterocycles. The van der Waals surface area contributed by atoms with E-state index in [-0.39, 0.29) is 23.6 Å². The van der Waals surface area contributed by atoms with Gasteiger partial charge in [-0.05, 0) is 43.0 Å². The van der Waals surface area contributed by atoms with Crippen molar-refractivity contribution in [1.82, 2.24) is 24.3 Å². The van der Waals surface area contributed by atoms with Gasteiger partial charge in [-0.1, -0.05) is 44.7 Å². The van der Waals surface area contributed by atoms with Crippen LogP contribution in [0.25, 0.3) is 11.0 Å². The molecule has 0 saturated carbocycles. The zero-order valence-corrected chi connectivity index (χ0v) is 21.6. The van der Waals surface area contributed by atoms with E-state index in [1.165, 1.54) is 11.6 Å². The number of piperazine rings is 1. The molecule has 1 fully saturated rings. The van der Waals surface area contributed by atoms with Crippen LogP contribution in [0.3, 0.4) is 0 Å². The lowest BCUT2D eigenvalue weighted by molar-refractivity contribution is -0.127. The van der Waals surface area contributed by atoms with E-state index in [4.69, 9.17) is 4.98 Å². The zero-order valence-electron chi connectivity index (χ0n) is 21.6. The van der Waals surface area contributed by atoms with Crippen LogP contribution in [0.15, 0.2) is 60.0 Å². The van der Waals surface area contributed by atoms with Crippen molar-refractivity contribution in [3.63, 3.8) is 0 Å². The standard InChI is InChI=1S/C28H36N6O2/c1-6-25(35)33-15-13-32(14-16-33)18-22-7-9-23(10-8-22)20(4)30-28-29-17-24-11-12-26(36)34(27(24)31-28)21(5)19(2)3/h6-12,17,19-21H,1,13-16,18H2,2-5H3,(H,29,30,31)/t20-,21-/m0/s1. The Bertz CT molecular complexity index is 1280. The molecule has 1 aromatic carbocycles. The van der Waals surface area contributed by atoms with E-state index in [0.29, 0.717) is 17.5 Å². The normalized spacial score (nSPS) is 16.2. The van der Waals surface area contributed by atoms with Gasteiger partial charge >= 0.3 is 0 Å². The molecule has 8 nitrogen and oxygen atoms in total. The van der Waals surface area contributed by atoms with Gasteiger partial charge in [-0.3, -0.25) is 19.1 Å². The molecule has 0 spiro atoms. The molecule has 3 aromatic rings. The summed E-state index contributed by atoms with van der Waals surface area (Å²) in [5, 5.41) is 4.24. The van der Waals surface area contributed by atoms with Crippen LogP contribution >= 0.6 is 0 Å². The molecule has 2 aromatic heterocycles. The van der Waals surface area contributed by atoms with Gasteiger partial charge in [-0.2, -0.15) is 4.98 Å². The molecule has 0 bridgehead atoms. The summed E-state index contributed by atoms with van der Waals surface area (Å²) in [6.07, 6.45) is 3.16. The molecular formula is C28H36N6O2. The molecule has 36 heavy (non-hydrogen) atoms. The number of carbonyl (C=O) groups is 1. The molecule has 0 unspecified atom stereocenters. The first-order chi connectivity index (χ1) is 17.3. The molecule has 3 heterocycles. The number of anilines is 1. The first kappa shape index (κ1) is 25.6. The number of hydrogen-bond acceptors (Lipinski definition) is 6. The van der Waals surface area contributed by atoms with E-state index in [2.05, 4.69) is 66.8 Å². The number of nitrogens with one attached hydrogen (secondary N) is 1. The molecule has 8 heteroatoms. The largest absolute Gasteiger partial charge is 0.348 e. The minimum absolute atomic E-state index is 0.00336. The van der Waals surface area contributed by atoms with Crippen LogP contribution in [0, 0.1) is 5.92 Å². The van der Waals surface area contributed by atoms with Crippen molar-refractivity contribution in [2.75, 3.05) is 31.5 Å². The average molecular weight is 489 g/mol. The maximum atomic E-state index is 12.6. The quantitative estimate of drug-likeness (QED) is 0.483. The topological polar surface area (TPSA) is 83.4 Å². The molecule has 0 aliphatic carbocycles. The van der Waals surface area contributed by atoms with Crippen LogP contribution in [0.4, 0.5) is 5.95 Å². The number of benzene rings is 1. The van der Waals surface area contributed by atoms with Gasteiger partial charge in [0.05, 0.1) is 6.04 Å². The molecule has 2 atom stereocenters. The lowest BCUT2D eigenvalue weighted by Crippen LogP contribution is -2.47. The van der Waals surface area contributed by atoms with E-state index in [1.54, 1.807) is 22.9 Å². The van der Waals surface area contributed by atoms with Gasteiger partial charge in [0.2, 0.25) is 11.9 Å². The summed E-state index contributed by atoms with van der Waals surface area (Å²) in [6.45, 7) is 16.0. The van der Waals surface area contributed by atoms with E-state index >= 15 is 0 Å². The molecule has 1 amide bonds. The van der Waals surface area contributed by atoms with Gasteiger partial charge in [0.15, 0.2) is 0 Å². The second-order valence-corrected chi connectivity index (χ2v) is 9.91. The van der Waals surface area contributed by atoms with Crippen LogP contribution in [-0.2, 0) is 11.3 Å². The predicted octanol–water partition coefficient (Wildman–Crippen LogP) is 4.01. The number of nitrogens with zero attached hydrogens (tertiary/aromatic N) is 5. The Labute approximate surface area is 212 Å². The third-order valence-electron chi connectivity index (χ3n) is 7.13. The van der Waals surface area contributed by atoms with E-state index in [0.717, 1.165) is 43.7 Å². The Morgan fingerprint density at radius 1 is 1.06 bits per heavy atom. The van der Waals surface area contributed by atoms with Crippen molar-refractivity contribution in [1.29, 1.82) is 0 Å². The van der Waals surface area contributed by atoms with E-state index in [1.807, 2.05) is 11.8 Å². The van der Waals surface area contributed by atoms with Crippen LogP contribution in [0.2, 0.25) is 0 Å². The van der Waals surface area contributed by atoms with Gasteiger partial charge in [0.1, 0.15) is 5.65 Å². The number of hydrogen-bond donors (Lipinski definition) is 1. The third-order valence-corrected chi connectivity index (χ3v) is 7.13. The Morgan fingerprint density at radius 3 is 2.39 bits per heavy atom. The lowest BCUT2D eigenvalue weighted by Gasteiger charge is -2.34. The Kier molecular flexibility index (Phi) is 7.84. The first-order valence-electron chi connectivity index (χ1n) is 12.6. The molecule has 190 valence electrons. The minimum atomic E-state index is -0.0503. The molecule has 1 aliphatic rings. The van der Waals surface area contributed by atoms with Crippen molar-refractivity contribution in [2.45, 2.75) is 46.3 Å². The fraction of sp³-hybridized carbons (Fsp3) is 0.429. The molecule has 0 radical (unpaired) electrons. The van der Waals surface area contributed by atoms with Crippen molar-refractivity contribution < 1.29 is 4.79 Å². The lowest BCUT2D eigenvalue weighted by atomic mass is 10.1. The summed E-state index contributed by atoms with van der Waals surface area (Å²) in [5.41, 5.74) is 2.97. The van der Waals surface area contributed by atoms with Crippen LogP contribution < -0.4 is 10.9 Å². The summed E-state index contributed by atoms with van der Waals surface area (Å²) in [7, 11) is 0. The van der Waals surface area contributed by atoms with Gasteiger partial charge in [-0.25, -0.2) is 4.98 Å². The third kappa shape index (κ3) is 5.65. The summed E-state index contributed by atoms with van der Waals surface area (Å²) < 4.78 is 1.76. The number of fused-ring (bicyclic) bond motifs is 1. The van der Waals surface area contributed by atoms with Crippen LogP contribution in [-0.4, -0.2) is 56.4 Å². The number of aromatic nitrogens is 3. The Hall–Kier alpha value is -3.52. The number of pyridine rings is 1. The highest BCUT2D eigenvalue weighted by atomic mass is 16.2.